The van der Waals surface area contributed by atoms with Gasteiger partial charge in [0.15, 0.2) is 11.6 Å². The van der Waals surface area contributed by atoms with Gasteiger partial charge in [0.2, 0.25) is 0 Å². The van der Waals surface area contributed by atoms with Crippen molar-refractivity contribution >= 4 is 17.4 Å². The Bertz CT molecular complexity index is 728. The molecule has 0 amide bonds. The Balaban J connectivity index is 2.06. The minimum absolute atomic E-state index is 0.0877. The highest BCUT2D eigenvalue weighted by molar-refractivity contribution is 6.30. The minimum atomic E-state index is -0.260. The van der Waals surface area contributed by atoms with E-state index in [0.717, 1.165) is 18.4 Å². The summed E-state index contributed by atoms with van der Waals surface area (Å²) in [5, 5.41) is 4.93. The fraction of sp³-hybridized carbons (Fsp3) is 0.357. The van der Waals surface area contributed by atoms with Gasteiger partial charge >= 0.3 is 5.69 Å². The highest BCUT2D eigenvalue weighted by Crippen LogP contribution is 2.36. The van der Waals surface area contributed by atoms with Gasteiger partial charge in [0.1, 0.15) is 6.54 Å². The Morgan fingerprint density at radius 2 is 2.00 bits per heavy atom. The second kappa shape index (κ2) is 5.46. The first kappa shape index (κ1) is 14.0. The second-order valence-electron chi connectivity index (χ2n) is 5.11. The van der Waals surface area contributed by atoms with E-state index in [-0.39, 0.29) is 30.6 Å². The lowest BCUT2D eigenvalue weighted by atomic mass is 10.2. The second-order valence-corrected chi connectivity index (χ2v) is 5.55. The van der Waals surface area contributed by atoms with E-state index in [0.29, 0.717) is 10.8 Å². The molecule has 1 saturated carbocycles. The lowest BCUT2D eigenvalue weighted by Gasteiger charge is -2.03. The SMILES string of the molecule is NCC(=O)Cn1nc(-c2ccc(Cl)cc2)n(C2CC2)c1=O. The number of nitrogens with two attached hydrogens (primary N) is 1. The Morgan fingerprint density at radius 1 is 1.33 bits per heavy atom. The molecule has 0 atom stereocenters. The molecule has 0 unspecified atom stereocenters. The average Bonchev–Trinajstić information content (AvgIpc) is 3.26. The molecule has 1 aromatic heterocycles. The van der Waals surface area contributed by atoms with Crippen molar-refractivity contribution in [3.63, 3.8) is 0 Å². The molecule has 2 aromatic rings. The van der Waals surface area contributed by atoms with Gasteiger partial charge in [-0.25, -0.2) is 9.48 Å². The van der Waals surface area contributed by atoms with Crippen LogP contribution in [0.25, 0.3) is 11.4 Å². The number of hydrogen-bond donors (Lipinski definition) is 1. The average molecular weight is 307 g/mol. The van der Waals surface area contributed by atoms with Crippen molar-refractivity contribution in [3.8, 4) is 11.4 Å². The van der Waals surface area contributed by atoms with Crippen molar-refractivity contribution in [2.24, 2.45) is 5.73 Å². The van der Waals surface area contributed by atoms with Crippen LogP contribution < -0.4 is 11.4 Å². The van der Waals surface area contributed by atoms with Crippen LogP contribution >= 0.6 is 11.6 Å². The molecule has 2 N–H and O–H groups in total. The lowest BCUT2D eigenvalue weighted by molar-refractivity contribution is -0.118. The molecule has 0 aliphatic heterocycles. The van der Waals surface area contributed by atoms with Crippen LogP contribution in [0.4, 0.5) is 0 Å². The normalized spacial score (nSPS) is 14.4. The maximum absolute atomic E-state index is 12.4. The Labute approximate surface area is 126 Å². The molecule has 110 valence electrons. The zero-order valence-corrected chi connectivity index (χ0v) is 12.1. The first-order valence-electron chi connectivity index (χ1n) is 6.77. The van der Waals surface area contributed by atoms with Crippen molar-refractivity contribution in [2.45, 2.75) is 25.4 Å². The Kier molecular flexibility index (Phi) is 3.65. The van der Waals surface area contributed by atoms with Crippen molar-refractivity contribution < 1.29 is 4.79 Å². The molecule has 1 fully saturated rings. The molecule has 0 saturated heterocycles. The third-order valence-corrected chi connectivity index (χ3v) is 3.69. The number of Topliss-reactive ketones (excluding diaryl/α,β-unsaturated/α-hetero) is 1. The summed E-state index contributed by atoms with van der Waals surface area (Å²) in [6.07, 6.45) is 1.91. The Hall–Kier alpha value is -1.92. The van der Waals surface area contributed by atoms with Crippen LogP contribution in [0.5, 0.6) is 0 Å². The van der Waals surface area contributed by atoms with Crippen molar-refractivity contribution in [1.29, 1.82) is 0 Å². The highest BCUT2D eigenvalue weighted by Gasteiger charge is 2.30. The predicted molar refractivity (Wildman–Crippen MR) is 79.3 cm³/mol. The molecule has 0 radical (unpaired) electrons. The first-order valence-corrected chi connectivity index (χ1v) is 7.15. The summed E-state index contributed by atoms with van der Waals surface area (Å²) in [7, 11) is 0. The monoisotopic (exact) mass is 306 g/mol. The minimum Gasteiger partial charge on any atom is -0.324 e. The van der Waals surface area contributed by atoms with E-state index in [1.165, 1.54) is 4.68 Å². The molecule has 1 aliphatic rings. The molecule has 6 nitrogen and oxygen atoms in total. The van der Waals surface area contributed by atoms with Crippen molar-refractivity contribution in [2.75, 3.05) is 6.54 Å². The van der Waals surface area contributed by atoms with Gasteiger partial charge in [-0.3, -0.25) is 9.36 Å². The van der Waals surface area contributed by atoms with Crippen LogP contribution in [-0.4, -0.2) is 26.7 Å². The van der Waals surface area contributed by atoms with E-state index in [9.17, 15) is 9.59 Å². The number of ketones is 1. The summed E-state index contributed by atoms with van der Waals surface area (Å²) in [4.78, 5) is 23.9. The predicted octanol–water partition coefficient (Wildman–Crippen LogP) is 1.23. The third kappa shape index (κ3) is 2.77. The fourth-order valence-corrected chi connectivity index (χ4v) is 2.34. The molecule has 1 heterocycles. The third-order valence-electron chi connectivity index (χ3n) is 3.44. The van der Waals surface area contributed by atoms with Gasteiger partial charge in [-0.05, 0) is 37.1 Å². The summed E-state index contributed by atoms with van der Waals surface area (Å²) in [5.41, 5.74) is 5.85. The maximum Gasteiger partial charge on any atom is 0.346 e. The molecular formula is C14H15ClN4O2. The van der Waals surface area contributed by atoms with Crippen LogP contribution in [0.1, 0.15) is 18.9 Å². The van der Waals surface area contributed by atoms with Gasteiger partial charge in [0.05, 0.1) is 6.54 Å². The lowest BCUT2D eigenvalue weighted by Crippen LogP contribution is -2.29. The number of rotatable bonds is 5. The van der Waals surface area contributed by atoms with Gasteiger partial charge in [0.25, 0.3) is 0 Å². The first-order chi connectivity index (χ1) is 10.1. The van der Waals surface area contributed by atoms with E-state index in [4.69, 9.17) is 17.3 Å². The topological polar surface area (TPSA) is 82.9 Å². The van der Waals surface area contributed by atoms with Crippen LogP contribution in [-0.2, 0) is 11.3 Å². The van der Waals surface area contributed by atoms with Crippen molar-refractivity contribution in [3.05, 3.63) is 39.8 Å². The van der Waals surface area contributed by atoms with E-state index in [1.54, 1.807) is 16.7 Å². The molecule has 0 spiro atoms. The number of hydrogen-bond acceptors (Lipinski definition) is 4. The van der Waals surface area contributed by atoms with Gasteiger partial charge in [-0.2, -0.15) is 0 Å². The maximum atomic E-state index is 12.4. The summed E-state index contributed by atoms with van der Waals surface area (Å²) in [6.45, 7) is -0.186. The van der Waals surface area contributed by atoms with E-state index < -0.39 is 0 Å². The zero-order chi connectivity index (χ0) is 15.0. The van der Waals surface area contributed by atoms with Crippen LogP contribution in [0, 0.1) is 0 Å². The summed E-state index contributed by atoms with van der Waals surface area (Å²) in [5.74, 6) is 0.351. The standard InChI is InChI=1S/C14H15ClN4O2/c15-10-3-1-9(2-4-10)13-17-18(8-12(20)7-16)14(21)19(13)11-5-6-11/h1-4,11H,5-8,16H2. The molecule has 7 heteroatoms. The largest absolute Gasteiger partial charge is 0.346 e. The molecule has 3 rings (SSSR count). The molecule has 1 aliphatic carbocycles. The number of aromatic nitrogens is 3. The van der Waals surface area contributed by atoms with Crippen molar-refractivity contribution in [1.82, 2.24) is 14.3 Å². The van der Waals surface area contributed by atoms with E-state index in [2.05, 4.69) is 5.10 Å². The summed E-state index contributed by atoms with van der Waals surface area (Å²) >= 11 is 5.89. The van der Waals surface area contributed by atoms with Crippen LogP contribution in [0.15, 0.2) is 29.1 Å². The highest BCUT2D eigenvalue weighted by atomic mass is 35.5. The van der Waals surface area contributed by atoms with Crippen LogP contribution in [0.3, 0.4) is 0 Å². The Morgan fingerprint density at radius 3 is 2.57 bits per heavy atom. The van der Waals surface area contributed by atoms with Crippen LogP contribution in [0.2, 0.25) is 5.02 Å². The number of carbonyl (C=O) groups is 1. The quantitative estimate of drug-likeness (QED) is 0.900. The summed E-state index contributed by atoms with van der Waals surface area (Å²) < 4.78 is 2.85. The number of halogens is 1. The van der Waals surface area contributed by atoms with E-state index >= 15 is 0 Å². The number of benzene rings is 1. The van der Waals surface area contributed by atoms with Gasteiger partial charge < -0.3 is 5.73 Å². The molecule has 1 aromatic carbocycles. The zero-order valence-electron chi connectivity index (χ0n) is 11.3. The summed E-state index contributed by atoms with van der Waals surface area (Å²) in [6, 6.07) is 7.31. The molecular weight excluding hydrogens is 292 g/mol. The molecule has 21 heavy (non-hydrogen) atoms. The van der Waals surface area contributed by atoms with Gasteiger partial charge in [0, 0.05) is 16.6 Å². The van der Waals surface area contributed by atoms with Gasteiger partial charge in [-0.1, -0.05) is 11.6 Å². The fourth-order valence-electron chi connectivity index (χ4n) is 2.21. The van der Waals surface area contributed by atoms with E-state index in [1.807, 2.05) is 12.1 Å². The van der Waals surface area contributed by atoms with Gasteiger partial charge in [-0.15, -0.1) is 5.10 Å². The smallest absolute Gasteiger partial charge is 0.324 e. The number of nitrogens with zero attached hydrogens (tertiary/aromatic N) is 3. The number of carbonyl (C=O) groups excluding carboxylic acids is 1. The molecule has 0 bridgehead atoms.